The average Bonchev–Trinajstić information content (AvgIpc) is 2.94. The van der Waals surface area contributed by atoms with E-state index in [-0.39, 0.29) is 0 Å². The van der Waals surface area contributed by atoms with Crippen LogP contribution < -0.4 is 11.1 Å². The number of nitrogens with one attached hydrogen (secondary N) is 1. The predicted octanol–water partition coefficient (Wildman–Crippen LogP) is 2.04. The molecule has 0 saturated heterocycles. The maximum atomic E-state index is 5.62. The summed E-state index contributed by atoms with van der Waals surface area (Å²) >= 11 is 1.47. The van der Waals surface area contributed by atoms with Crippen LogP contribution in [0, 0.1) is 13.8 Å². The summed E-state index contributed by atoms with van der Waals surface area (Å²) in [4.78, 5) is 8.71. The Labute approximate surface area is 120 Å². The monoisotopic (exact) mass is 288 g/mol. The summed E-state index contributed by atoms with van der Waals surface area (Å²) in [5.41, 5.74) is 9.43. The van der Waals surface area contributed by atoms with Crippen molar-refractivity contribution in [2.24, 2.45) is 0 Å². The number of nitrogens with zero attached hydrogens (tertiary/aromatic N) is 4. The van der Waals surface area contributed by atoms with E-state index < -0.39 is 0 Å². The van der Waals surface area contributed by atoms with Gasteiger partial charge in [-0.2, -0.15) is 9.61 Å². The highest BCUT2D eigenvalue weighted by molar-refractivity contribution is 7.13. The lowest BCUT2D eigenvalue weighted by Crippen LogP contribution is -2.10. The summed E-state index contributed by atoms with van der Waals surface area (Å²) in [5, 5.41) is 10.4. The van der Waals surface area contributed by atoms with E-state index in [1.54, 1.807) is 0 Å². The third-order valence-corrected chi connectivity index (χ3v) is 3.66. The van der Waals surface area contributed by atoms with E-state index in [0.29, 0.717) is 5.13 Å². The summed E-state index contributed by atoms with van der Waals surface area (Å²) in [5.74, 6) is 0.948. The SMILES string of the molecule is Cc1cc(NCCc2csc(N)n2)n2nc(C)cc2n1. The van der Waals surface area contributed by atoms with Crippen LogP contribution in [0.15, 0.2) is 17.5 Å². The van der Waals surface area contributed by atoms with Gasteiger partial charge in [0.2, 0.25) is 0 Å². The van der Waals surface area contributed by atoms with Gasteiger partial charge < -0.3 is 11.1 Å². The highest BCUT2D eigenvalue weighted by atomic mass is 32.1. The van der Waals surface area contributed by atoms with Crippen LogP contribution in [-0.2, 0) is 6.42 Å². The van der Waals surface area contributed by atoms with Gasteiger partial charge in [-0.25, -0.2) is 9.97 Å². The van der Waals surface area contributed by atoms with Gasteiger partial charge >= 0.3 is 0 Å². The van der Waals surface area contributed by atoms with E-state index in [0.717, 1.165) is 41.5 Å². The molecule has 0 spiro atoms. The summed E-state index contributed by atoms with van der Waals surface area (Å²) in [6, 6.07) is 3.97. The third-order valence-electron chi connectivity index (χ3n) is 2.93. The van der Waals surface area contributed by atoms with E-state index in [2.05, 4.69) is 20.4 Å². The van der Waals surface area contributed by atoms with Crippen molar-refractivity contribution in [3.8, 4) is 0 Å². The molecule has 3 heterocycles. The lowest BCUT2D eigenvalue weighted by molar-refractivity contribution is 0.887. The number of hydrogen-bond donors (Lipinski definition) is 2. The largest absolute Gasteiger partial charge is 0.375 e. The van der Waals surface area contributed by atoms with E-state index in [4.69, 9.17) is 5.73 Å². The Balaban J connectivity index is 1.76. The first-order valence-corrected chi connectivity index (χ1v) is 7.27. The maximum absolute atomic E-state index is 5.62. The molecule has 3 N–H and O–H groups in total. The number of nitrogens with two attached hydrogens (primary N) is 1. The molecule has 0 aliphatic heterocycles. The topological polar surface area (TPSA) is 81.1 Å². The smallest absolute Gasteiger partial charge is 0.180 e. The zero-order chi connectivity index (χ0) is 14.1. The molecule has 3 rings (SSSR count). The number of aromatic nitrogens is 4. The normalized spacial score (nSPS) is 11.1. The van der Waals surface area contributed by atoms with Crippen molar-refractivity contribution >= 4 is 27.9 Å². The molecule has 0 radical (unpaired) electrons. The van der Waals surface area contributed by atoms with Gasteiger partial charge in [-0.1, -0.05) is 0 Å². The van der Waals surface area contributed by atoms with Crippen LogP contribution in [0.5, 0.6) is 0 Å². The summed E-state index contributed by atoms with van der Waals surface area (Å²) < 4.78 is 1.83. The summed E-state index contributed by atoms with van der Waals surface area (Å²) in [6.45, 7) is 4.72. The lowest BCUT2D eigenvalue weighted by Gasteiger charge is -2.08. The molecule has 0 aromatic carbocycles. The van der Waals surface area contributed by atoms with Crippen LogP contribution in [-0.4, -0.2) is 26.1 Å². The number of anilines is 2. The summed E-state index contributed by atoms with van der Waals surface area (Å²) in [7, 11) is 0. The maximum Gasteiger partial charge on any atom is 0.180 e. The molecule has 3 aromatic rings. The van der Waals surface area contributed by atoms with Crippen LogP contribution in [0.4, 0.5) is 10.9 Å². The van der Waals surface area contributed by atoms with Crippen LogP contribution in [0.3, 0.4) is 0 Å². The molecule has 0 aliphatic rings. The minimum atomic E-state index is 0.616. The third kappa shape index (κ3) is 2.57. The first-order chi connectivity index (χ1) is 9.61. The number of fused-ring (bicyclic) bond motifs is 1. The number of rotatable bonds is 4. The number of aryl methyl sites for hydroxylation is 2. The fourth-order valence-corrected chi connectivity index (χ4v) is 2.69. The van der Waals surface area contributed by atoms with Gasteiger partial charge in [-0.05, 0) is 13.8 Å². The van der Waals surface area contributed by atoms with Crippen molar-refractivity contribution in [2.45, 2.75) is 20.3 Å². The number of thiazole rings is 1. The highest BCUT2D eigenvalue weighted by Crippen LogP contribution is 2.15. The van der Waals surface area contributed by atoms with Crippen molar-refractivity contribution < 1.29 is 0 Å². The van der Waals surface area contributed by atoms with Crippen molar-refractivity contribution in [2.75, 3.05) is 17.6 Å². The highest BCUT2D eigenvalue weighted by Gasteiger charge is 2.06. The minimum absolute atomic E-state index is 0.616. The summed E-state index contributed by atoms with van der Waals surface area (Å²) in [6.07, 6.45) is 0.830. The Kier molecular flexibility index (Phi) is 3.27. The Morgan fingerprint density at radius 2 is 2.10 bits per heavy atom. The molecule has 104 valence electrons. The molecule has 0 bridgehead atoms. The molecule has 0 amide bonds. The van der Waals surface area contributed by atoms with Gasteiger partial charge in [-0.15, -0.1) is 11.3 Å². The molecule has 0 fully saturated rings. The van der Waals surface area contributed by atoms with Gasteiger partial charge in [0.25, 0.3) is 0 Å². The van der Waals surface area contributed by atoms with E-state index in [9.17, 15) is 0 Å². The fourth-order valence-electron chi connectivity index (χ4n) is 2.10. The predicted molar refractivity (Wildman–Crippen MR) is 81.2 cm³/mol. The number of hydrogen-bond acceptors (Lipinski definition) is 6. The minimum Gasteiger partial charge on any atom is -0.375 e. The molecular formula is C13H16N6S. The Bertz CT molecular complexity index is 744. The molecule has 20 heavy (non-hydrogen) atoms. The van der Waals surface area contributed by atoms with Crippen LogP contribution in [0.25, 0.3) is 5.65 Å². The first-order valence-electron chi connectivity index (χ1n) is 6.39. The average molecular weight is 288 g/mol. The van der Waals surface area contributed by atoms with Crippen molar-refractivity contribution in [3.05, 3.63) is 34.6 Å². The van der Waals surface area contributed by atoms with Gasteiger partial charge in [0, 0.05) is 36.2 Å². The molecular weight excluding hydrogens is 272 g/mol. The van der Waals surface area contributed by atoms with E-state index >= 15 is 0 Å². The molecule has 6 nitrogen and oxygen atoms in total. The molecule has 0 saturated carbocycles. The molecule has 3 aromatic heterocycles. The Morgan fingerprint density at radius 1 is 1.25 bits per heavy atom. The second-order valence-electron chi connectivity index (χ2n) is 4.69. The zero-order valence-corrected chi connectivity index (χ0v) is 12.2. The fraction of sp³-hybridized carbons (Fsp3) is 0.308. The Hall–Kier alpha value is -2.15. The standard InChI is InChI=1S/C13H16N6S/c1-8-5-11(19-12(16-8)6-9(2)18-19)15-4-3-10-7-20-13(14)17-10/h5-7,15H,3-4H2,1-2H3,(H2,14,17). The second-order valence-corrected chi connectivity index (χ2v) is 5.58. The van der Waals surface area contributed by atoms with E-state index in [1.165, 1.54) is 11.3 Å². The first kappa shape index (κ1) is 12.9. The molecule has 0 atom stereocenters. The van der Waals surface area contributed by atoms with Crippen molar-refractivity contribution in [3.63, 3.8) is 0 Å². The van der Waals surface area contributed by atoms with Gasteiger partial charge in [0.05, 0.1) is 11.4 Å². The van der Waals surface area contributed by atoms with Crippen LogP contribution >= 0.6 is 11.3 Å². The van der Waals surface area contributed by atoms with Gasteiger partial charge in [0.1, 0.15) is 5.82 Å². The van der Waals surface area contributed by atoms with Crippen molar-refractivity contribution in [1.29, 1.82) is 0 Å². The van der Waals surface area contributed by atoms with Crippen LogP contribution in [0.2, 0.25) is 0 Å². The Morgan fingerprint density at radius 3 is 2.85 bits per heavy atom. The molecule has 7 heteroatoms. The van der Waals surface area contributed by atoms with Gasteiger partial charge in [0.15, 0.2) is 10.8 Å². The van der Waals surface area contributed by atoms with E-state index in [1.807, 2.05) is 35.9 Å². The number of nitrogen functional groups attached to an aromatic ring is 1. The van der Waals surface area contributed by atoms with Gasteiger partial charge in [-0.3, -0.25) is 0 Å². The van der Waals surface area contributed by atoms with Crippen LogP contribution in [0.1, 0.15) is 17.1 Å². The lowest BCUT2D eigenvalue weighted by atomic mass is 10.3. The molecule has 0 aliphatic carbocycles. The zero-order valence-electron chi connectivity index (χ0n) is 11.4. The second kappa shape index (κ2) is 5.09. The molecule has 0 unspecified atom stereocenters. The van der Waals surface area contributed by atoms with Crippen molar-refractivity contribution in [1.82, 2.24) is 19.6 Å². The quantitative estimate of drug-likeness (QED) is 0.768.